The first-order chi connectivity index (χ1) is 12.5. The molecule has 2 unspecified atom stereocenters. The molecular weight excluding hydrogens is 396 g/mol. The molecule has 4 N–H and O–H groups in total. The topological polar surface area (TPSA) is 82.3 Å². The molecule has 1 heterocycles. The third-order valence-corrected chi connectivity index (χ3v) is 4.80. The fourth-order valence-corrected chi connectivity index (χ4v) is 3.36. The van der Waals surface area contributed by atoms with Crippen LogP contribution in [0, 0.1) is 6.92 Å². The monoisotopic (exact) mass is 416 g/mol. The van der Waals surface area contributed by atoms with Crippen molar-refractivity contribution in [2.24, 2.45) is 0 Å². The first-order valence-corrected chi connectivity index (χ1v) is 9.22. The molecular formula is C19H21BrN4O2. The molecule has 136 valence electrons. The van der Waals surface area contributed by atoms with Crippen molar-refractivity contribution in [3.05, 3.63) is 64.1 Å². The summed E-state index contributed by atoms with van der Waals surface area (Å²) >= 11 is 3.39. The Labute approximate surface area is 160 Å². The van der Waals surface area contributed by atoms with Gasteiger partial charge in [0.15, 0.2) is 0 Å². The fraction of sp³-hybridized carbons (Fsp3) is 0.263. The standard InChI is InChI=1S/C19H21BrN4O2/c1-12-9-14(20)7-8-15(12)22-18(25)11-21-19(26)17-10-16(23-24-17)13-5-3-2-4-6-13/h2-9,16-17,23-24H,10-11H2,1H3,(H,21,26)(H,22,25). The Balaban J connectivity index is 1.47. The van der Waals surface area contributed by atoms with Gasteiger partial charge in [0.05, 0.1) is 6.54 Å². The Bertz CT molecular complexity index is 797. The average molecular weight is 417 g/mol. The lowest BCUT2D eigenvalue weighted by Crippen LogP contribution is -2.45. The van der Waals surface area contributed by atoms with Crippen molar-refractivity contribution in [2.75, 3.05) is 11.9 Å². The van der Waals surface area contributed by atoms with E-state index < -0.39 is 0 Å². The molecule has 6 nitrogen and oxygen atoms in total. The third kappa shape index (κ3) is 4.69. The highest BCUT2D eigenvalue weighted by Crippen LogP contribution is 2.22. The molecule has 0 spiro atoms. The van der Waals surface area contributed by atoms with Gasteiger partial charge >= 0.3 is 0 Å². The molecule has 1 aliphatic rings. The zero-order valence-electron chi connectivity index (χ0n) is 14.4. The van der Waals surface area contributed by atoms with Crippen LogP contribution in [0.2, 0.25) is 0 Å². The van der Waals surface area contributed by atoms with Crippen LogP contribution in [0.3, 0.4) is 0 Å². The molecule has 26 heavy (non-hydrogen) atoms. The molecule has 0 aliphatic carbocycles. The molecule has 1 fully saturated rings. The maximum Gasteiger partial charge on any atom is 0.243 e. The lowest BCUT2D eigenvalue weighted by Gasteiger charge is -2.12. The Morgan fingerprint density at radius 3 is 2.65 bits per heavy atom. The van der Waals surface area contributed by atoms with Gasteiger partial charge in [-0.3, -0.25) is 9.59 Å². The van der Waals surface area contributed by atoms with E-state index in [9.17, 15) is 9.59 Å². The van der Waals surface area contributed by atoms with E-state index in [2.05, 4.69) is 37.4 Å². The van der Waals surface area contributed by atoms with Gasteiger partial charge < -0.3 is 10.6 Å². The van der Waals surface area contributed by atoms with Crippen LogP contribution in [-0.4, -0.2) is 24.4 Å². The number of amides is 2. The number of carbonyl (C=O) groups is 2. The SMILES string of the molecule is Cc1cc(Br)ccc1NC(=O)CNC(=O)C1CC(c2ccccc2)NN1. The third-order valence-electron chi connectivity index (χ3n) is 4.31. The molecule has 2 atom stereocenters. The van der Waals surface area contributed by atoms with Gasteiger partial charge in [-0.05, 0) is 42.7 Å². The van der Waals surface area contributed by atoms with E-state index in [1.165, 1.54) is 0 Å². The number of halogens is 1. The van der Waals surface area contributed by atoms with Crippen LogP contribution >= 0.6 is 15.9 Å². The van der Waals surface area contributed by atoms with Gasteiger partial charge in [-0.15, -0.1) is 0 Å². The summed E-state index contributed by atoms with van der Waals surface area (Å²) in [7, 11) is 0. The lowest BCUT2D eigenvalue weighted by molar-refractivity contribution is -0.125. The van der Waals surface area contributed by atoms with Crippen LogP contribution in [0.4, 0.5) is 5.69 Å². The van der Waals surface area contributed by atoms with Crippen molar-refractivity contribution >= 4 is 33.4 Å². The quantitative estimate of drug-likeness (QED) is 0.603. The highest BCUT2D eigenvalue weighted by Gasteiger charge is 2.30. The Morgan fingerprint density at radius 2 is 1.92 bits per heavy atom. The van der Waals surface area contributed by atoms with E-state index >= 15 is 0 Å². The van der Waals surface area contributed by atoms with Gasteiger partial charge in [0.1, 0.15) is 6.04 Å². The summed E-state index contributed by atoms with van der Waals surface area (Å²) in [4.78, 5) is 24.4. The molecule has 2 amide bonds. The molecule has 2 aromatic carbocycles. The van der Waals surface area contributed by atoms with Gasteiger partial charge in [0.25, 0.3) is 0 Å². The van der Waals surface area contributed by atoms with E-state index in [4.69, 9.17) is 0 Å². The molecule has 0 bridgehead atoms. The van der Waals surface area contributed by atoms with Crippen molar-refractivity contribution < 1.29 is 9.59 Å². The normalized spacial score (nSPS) is 19.2. The second-order valence-electron chi connectivity index (χ2n) is 6.27. The van der Waals surface area contributed by atoms with Crippen molar-refractivity contribution in [1.29, 1.82) is 0 Å². The van der Waals surface area contributed by atoms with Gasteiger partial charge in [-0.25, -0.2) is 10.9 Å². The van der Waals surface area contributed by atoms with Gasteiger partial charge in [0, 0.05) is 16.2 Å². The molecule has 0 radical (unpaired) electrons. The van der Waals surface area contributed by atoms with Crippen molar-refractivity contribution in [3.8, 4) is 0 Å². The highest BCUT2D eigenvalue weighted by atomic mass is 79.9. The maximum absolute atomic E-state index is 12.3. The van der Waals surface area contributed by atoms with Crippen LogP contribution in [0.5, 0.6) is 0 Å². The number of rotatable bonds is 5. The van der Waals surface area contributed by atoms with Crippen molar-refractivity contribution in [3.63, 3.8) is 0 Å². The number of carbonyl (C=O) groups excluding carboxylic acids is 2. The maximum atomic E-state index is 12.3. The summed E-state index contributed by atoms with van der Waals surface area (Å²) in [6.45, 7) is 1.85. The molecule has 0 saturated carbocycles. The van der Waals surface area contributed by atoms with E-state index in [0.29, 0.717) is 6.42 Å². The summed E-state index contributed by atoms with van der Waals surface area (Å²) in [6.07, 6.45) is 0.628. The minimum atomic E-state index is -0.373. The Morgan fingerprint density at radius 1 is 1.15 bits per heavy atom. The van der Waals surface area contributed by atoms with Gasteiger partial charge in [-0.2, -0.15) is 0 Å². The number of hydrogen-bond donors (Lipinski definition) is 4. The number of nitrogens with one attached hydrogen (secondary N) is 4. The van der Waals surface area contributed by atoms with E-state index in [1.807, 2.05) is 55.5 Å². The fourth-order valence-electron chi connectivity index (χ4n) is 2.88. The molecule has 1 aliphatic heterocycles. The number of hydrogen-bond acceptors (Lipinski definition) is 4. The zero-order chi connectivity index (χ0) is 18.5. The first kappa shape index (κ1) is 18.6. The highest BCUT2D eigenvalue weighted by molar-refractivity contribution is 9.10. The Hall–Kier alpha value is -2.22. The van der Waals surface area contributed by atoms with Crippen molar-refractivity contribution in [2.45, 2.75) is 25.4 Å². The minimum Gasteiger partial charge on any atom is -0.346 e. The minimum absolute atomic E-state index is 0.0669. The number of anilines is 1. The summed E-state index contributed by atoms with van der Waals surface area (Å²) in [5.74, 6) is -0.451. The second-order valence-corrected chi connectivity index (χ2v) is 7.18. The second kappa shape index (κ2) is 8.44. The summed E-state index contributed by atoms with van der Waals surface area (Å²) < 4.78 is 0.953. The average Bonchev–Trinajstić information content (AvgIpc) is 3.13. The van der Waals surface area contributed by atoms with Crippen LogP contribution in [0.25, 0.3) is 0 Å². The Kier molecular flexibility index (Phi) is 6.03. The predicted molar refractivity (Wildman–Crippen MR) is 104 cm³/mol. The van der Waals surface area contributed by atoms with E-state index in [1.54, 1.807) is 0 Å². The molecule has 1 saturated heterocycles. The van der Waals surface area contributed by atoms with E-state index in [0.717, 1.165) is 21.3 Å². The number of benzene rings is 2. The number of aryl methyl sites for hydroxylation is 1. The molecule has 3 rings (SSSR count). The first-order valence-electron chi connectivity index (χ1n) is 8.42. The van der Waals surface area contributed by atoms with Crippen LogP contribution in [-0.2, 0) is 9.59 Å². The van der Waals surface area contributed by atoms with Crippen LogP contribution in [0.15, 0.2) is 53.0 Å². The van der Waals surface area contributed by atoms with Gasteiger partial charge in [-0.1, -0.05) is 46.3 Å². The summed E-state index contributed by atoms with van der Waals surface area (Å²) in [5, 5.41) is 5.49. The number of hydrazine groups is 1. The summed E-state index contributed by atoms with van der Waals surface area (Å²) in [6, 6.07) is 15.3. The molecule has 2 aromatic rings. The van der Waals surface area contributed by atoms with E-state index in [-0.39, 0.29) is 30.4 Å². The summed E-state index contributed by atoms with van der Waals surface area (Å²) in [5.41, 5.74) is 8.93. The largest absolute Gasteiger partial charge is 0.346 e. The molecule has 0 aromatic heterocycles. The smallest absolute Gasteiger partial charge is 0.243 e. The molecule has 7 heteroatoms. The van der Waals surface area contributed by atoms with Gasteiger partial charge in [0.2, 0.25) is 11.8 Å². The lowest BCUT2D eigenvalue weighted by atomic mass is 10.0. The van der Waals surface area contributed by atoms with Crippen LogP contribution in [0.1, 0.15) is 23.6 Å². The zero-order valence-corrected chi connectivity index (χ0v) is 16.0. The van der Waals surface area contributed by atoms with Crippen LogP contribution < -0.4 is 21.5 Å². The predicted octanol–water partition coefficient (Wildman–Crippen LogP) is 2.42. The van der Waals surface area contributed by atoms with Crippen molar-refractivity contribution in [1.82, 2.24) is 16.2 Å².